The molecule has 1 N–H and O–H groups in total. The van der Waals surface area contributed by atoms with Crippen LogP contribution in [-0.4, -0.2) is 54.3 Å². The quantitative estimate of drug-likeness (QED) is 0.891. The Bertz CT molecular complexity index is 732. The Labute approximate surface area is 158 Å². The Morgan fingerprint density at radius 1 is 0.885 bits per heavy atom. The van der Waals surface area contributed by atoms with Crippen LogP contribution in [0.5, 0.6) is 0 Å². The van der Waals surface area contributed by atoms with Crippen LogP contribution in [0.2, 0.25) is 0 Å². The highest BCUT2D eigenvalue weighted by atomic mass is 35.5. The Kier molecular flexibility index (Phi) is 6.97. The van der Waals surface area contributed by atoms with Gasteiger partial charge < -0.3 is 15.1 Å². The minimum atomic E-state index is -0.363. The van der Waals surface area contributed by atoms with Gasteiger partial charge in [-0.15, -0.1) is 12.4 Å². The molecule has 1 saturated heterocycles. The number of carbonyl (C=O) groups is 2. The molecule has 2 aromatic rings. The lowest BCUT2D eigenvalue weighted by molar-refractivity contribution is -0.130. The zero-order chi connectivity index (χ0) is 17.6. The van der Waals surface area contributed by atoms with Crippen LogP contribution in [0.4, 0.5) is 10.1 Å². The zero-order valence-corrected chi connectivity index (χ0v) is 15.0. The van der Waals surface area contributed by atoms with Gasteiger partial charge in [0.05, 0.1) is 6.54 Å². The fourth-order valence-corrected chi connectivity index (χ4v) is 2.78. The summed E-state index contributed by atoms with van der Waals surface area (Å²) in [5, 5.41) is 3.10. The smallest absolute Gasteiger partial charge is 0.253 e. The minimum Gasteiger partial charge on any atom is -0.376 e. The van der Waals surface area contributed by atoms with Crippen molar-refractivity contribution in [2.45, 2.75) is 0 Å². The molecule has 1 aliphatic heterocycles. The first-order valence-corrected chi connectivity index (χ1v) is 8.25. The van der Waals surface area contributed by atoms with Gasteiger partial charge in [0, 0.05) is 37.4 Å². The van der Waals surface area contributed by atoms with Crippen molar-refractivity contribution >= 4 is 29.9 Å². The van der Waals surface area contributed by atoms with Gasteiger partial charge in [-0.3, -0.25) is 9.59 Å². The van der Waals surface area contributed by atoms with Crippen LogP contribution in [0.1, 0.15) is 10.4 Å². The molecule has 7 heteroatoms. The van der Waals surface area contributed by atoms with Crippen molar-refractivity contribution in [1.29, 1.82) is 0 Å². The molecule has 0 atom stereocenters. The van der Waals surface area contributed by atoms with E-state index in [-0.39, 0.29) is 36.6 Å². The van der Waals surface area contributed by atoms with Crippen molar-refractivity contribution < 1.29 is 14.0 Å². The van der Waals surface area contributed by atoms with Gasteiger partial charge in [0.2, 0.25) is 5.91 Å². The average Bonchev–Trinajstić information content (AvgIpc) is 2.67. The van der Waals surface area contributed by atoms with Crippen molar-refractivity contribution in [1.82, 2.24) is 9.80 Å². The molecule has 26 heavy (non-hydrogen) atoms. The molecule has 0 spiro atoms. The number of para-hydroxylation sites is 1. The first kappa shape index (κ1) is 19.7. The number of nitrogens with one attached hydrogen (secondary N) is 1. The summed E-state index contributed by atoms with van der Waals surface area (Å²) in [6.45, 7) is 2.20. The summed E-state index contributed by atoms with van der Waals surface area (Å²) in [5.41, 5.74) is 1.37. The van der Waals surface area contributed by atoms with E-state index < -0.39 is 0 Å². The third-order valence-corrected chi connectivity index (χ3v) is 4.23. The highest BCUT2D eigenvalue weighted by Gasteiger charge is 2.24. The SMILES string of the molecule is Cl.O=C(CNc1ccccc1)N1CCN(C(=O)c2ccc(F)cc2)CC1. The monoisotopic (exact) mass is 377 g/mol. The molecule has 1 aliphatic rings. The molecule has 1 heterocycles. The third-order valence-electron chi connectivity index (χ3n) is 4.23. The van der Waals surface area contributed by atoms with Gasteiger partial charge in [-0.25, -0.2) is 4.39 Å². The summed E-state index contributed by atoms with van der Waals surface area (Å²) in [5.74, 6) is -0.481. The van der Waals surface area contributed by atoms with Gasteiger partial charge in [0.25, 0.3) is 5.91 Å². The lowest BCUT2D eigenvalue weighted by Gasteiger charge is -2.35. The number of piperazine rings is 1. The summed E-state index contributed by atoms with van der Waals surface area (Å²) >= 11 is 0. The molecule has 2 aromatic carbocycles. The van der Waals surface area contributed by atoms with Crippen LogP contribution >= 0.6 is 12.4 Å². The maximum absolute atomic E-state index is 13.0. The number of amides is 2. The van der Waals surface area contributed by atoms with Gasteiger partial charge in [-0.1, -0.05) is 18.2 Å². The van der Waals surface area contributed by atoms with Crippen LogP contribution < -0.4 is 5.32 Å². The van der Waals surface area contributed by atoms with Crippen molar-refractivity contribution in [3.8, 4) is 0 Å². The van der Waals surface area contributed by atoms with Gasteiger partial charge in [-0.2, -0.15) is 0 Å². The van der Waals surface area contributed by atoms with Crippen LogP contribution in [0, 0.1) is 5.82 Å². The van der Waals surface area contributed by atoms with Crippen molar-refractivity contribution in [3.63, 3.8) is 0 Å². The minimum absolute atomic E-state index is 0. The predicted molar refractivity (Wildman–Crippen MR) is 101 cm³/mol. The van der Waals surface area contributed by atoms with Crippen molar-refractivity contribution in [2.75, 3.05) is 38.0 Å². The number of hydrogen-bond donors (Lipinski definition) is 1. The van der Waals surface area contributed by atoms with E-state index in [1.807, 2.05) is 30.3 Å². The highest BCUT2D eigenvalue weighted by Crippen LogP contribution is 2.11. The predicted octanol–water partition coefficient (Wildman–Crippen LogP) is 2.64. The first-order chi connectivity index (χ1) is 12.1. The number of nitrogens with zero attached hydrogens (tertiary/aromatic N) is 2. The van der Waals surface area contributed by atoms with E-state index >= 15 is 0 Å². The van der Waals surface area contributed by atoms with Gasteiger partial charge in [-0.05, 0) is 36.4 Å². The molecule has 0 aromatic heterocycles. The molecular weight excluding hydrogens is 357 g/mol. The fourth-order valence-electron chi connectivity index (χ4n) is 2.78. The second kappa shape index (κ2) is 9.20. The van der Waals surface area contributed by atoms with E-state index in [0.717, 1.165) is 5.69 Å². The third kappa shape index (κ3) is 4.95. The molecule has 0 bridgehead atoms. The van der Waals surface area contributed by atoms with Gasteiger partial charge in [0.15, 0.2) is 0 Å². The van der Waals surface area contributed by atoms with Crippen LogP contribution in [0.15, 0.2) is 54.6 Å². The van der Waals surface area contributed by atoms with E-state index in [1.54, 1.807) is 9.80 Å². The van der Waals surface area contributed by atoms with Crippen LogP contribution in [0.3, 0.4) is 0 Å². The van der Waals surface area contributed by atoms with E-state index in [0.29, 0.717) is 31.7 Å². The lowest BCUT2D eigenvalue weighted by Crippen LogP contribution is -2.51. The molecule has 0 radical (unpaired) electrons. The van der Waals surface area contributed by atoms with E-state index in [2.05, 4.69) is 5.32 Å². The summed E-state index contributed by atoms with van der Waals surface area (Å²) in [6, 6.07) is 15.1. The number of hydrogen-bond acceptors (Lipinski definition) is 3. The molecule has 0 saturated carbocycles. The lowest BCUT2D eigenvalue weighted by atomic mass is 10.2. The maximum Gasteiger partial charge on any atom is 0.253 e. The maximum atomic E-state index is 13.0. The number of halogens is 2. The number of benzene rings is 2. The first-order valence-electron chi connectivity index (χ1n) is 8.25. The Balaban J connectivity index is 0.00000243. The standard InChI is InChI=1S/C19H20FN3O2.ClH/c20-16-8-6-15(7-9-16)19(25)23-12-10-22(11-13-23)18(24)14-21-17-4-2-1-3-5-17;/h1-9,21H,10-14H2;1H. The normalized spacial score (nSPS) is 13.7. The number of rotatable bonds is 4. The highest BCUT2D eigenvalue weighted by molar-refractivity contribution is 5.94. The molecule has 3 rings (SSSR count). The molecule has 138 valence electrons. The van der Waals surface area contributed by atoms with Crippen LogP contribution in [-0.2, 0) is 4.79 Å². The van der Waals surface area contributed by atoms with Crippen molar-refractivity contribution in [2.24, 2.45) is 0 Å². The van der Waals surface area contributed by atoms with E-state index in [1.165, 1.54) is 24.3 Å². The second-order valence-electron chi connectivity index (χ2n) is 5.90. The van der Waals surface area contributed by atoms with Crippen molar-refractivity contribution in [3.05, 3.63) is 66.0 Å². The summed E-state index contributed by atoms with van der Waals surface area (Å²) in [6.07, 6.45) is 0. The van der Waals surface area contributed by atoms with Gasteiger partial charge in [0.1, 0.15) is 5.82 Å². The Morgan fingerprint density at radius 2 is 1.46 bits per heavy atom. The molecule has 5 nitrogen and oxygen atoms in total. The van der Waals surface area contributed by atoms with E-state index in [9.17, 15) is 14.0 Å². The molecule has 0 aliphatic carbocycles. The molecular formula is C19H21ClFN3O2. The Hall–Kier alpha value is -2.60. The van der Waals surface area contributed by atoms with Crippen LogP contribution in [0.25, 0.3) is 0 Å². The van der Waals surface area contributed by atoms with E-state index in [4.69, 9.17) is 0 Å². The number of carbonyl (C=O) groups excluding carboxylic acids is 2. The second-order valence-corrected chi connectivity index (χ2v) is 5.90. The Morgan fingerprint density at radius 3 is 2.08 bits per heavy atom. The largest absolute Gasteiger partial charge is 0.376 e. The average molecular weight is 378 g/mol. The molecule has 2 amide bonds. The zero-order valence-electron chi connectivity index (χ0n) is 14.2. The summed E-state index contributed by atoms with van der Waals surface area (Å²) in [7, 11) is 0. The summed E-state index contributed by atoms with van der Waals surface area (Å²) in [4.78, 5) is 28.1. The summed E-state index contributed by atoms with van der Waals surface area (Å²) < 4.78 is 13.0. The fraction of sp³-hybridized carbons (Fsp3) is 0.263. The molecule has 0 unspecified atom stereocenters. The van der Waals surface area contributed by atoms with Gasteiger partial charge >= 0.3 is 0 Å². The number of anilines is 1. The topological polar surface area (TPSA) is 52.7 Å². The molecule has 1 fully saturated rings.